The first kappa shape index (κ1) is 8.73. The van der Waals surface area contributed by atoms with E-state index in [1.165, 1.54) is 15.0 Å². The number of hydrogen-bond acceptors (Lipinski definition) is 2. The predicted molar refractivity (Wildman–Crippen MR) is 58.9 cm³/mol. The Balaban J connectivity index is 2.28. The second kappa shape index (κ2) is 3.90. The molecule has 13 heavy (non-hydrogen) atoms. The molecule has 0 unspecified atom stereocenters. The van der Waals surface area contributed by atoms with Crippen LogP contribution in [0.2, 0.25) is 0 Å². The standard InChI is InChI=1S/C11H12NS/c12-7-3-5-10-8-9-4-1-2-6-11(9)13-10/h1-2,4-6,8H,3,7,12H2. The van der Waals surface area contributed by atoms with Gasteiger partial charge in [0.2, 0.25) is 0 Å². The van der Waals surface area contributed by atoms with E-state index in [0.717, 1.165) is 13.0 Å². The topological polar surface area (TPSA) is 26.0 Å². The molecule has 2 heteroatoms. The molecule has 0 saturated carbocycles. The lowest BCUT2D eigenvalue weighted by Gasteiger charge is -1.90. The van der Waals surface area contributed by atoms with Crippen molar-refractivity contribution in [2.24, 2.45) is 5.73 Å². The molecule has 0 aliphatic carbocycles. The van der Waals surface area contributed by atoms with Crippen LogP contribution in [0.3, 0.4) is 0 Å². The van der Waals surface area contributed by atoms with E-state index in [0.29, 0.717) is 0 Å². The van der Waals surface area contributed by atoms with Gasteiger partial charge in [0, 0.05) is 16.0 Å². The molecule has 0 bridgehead atoms. The van der Waals surface area contributed by atoms with Crippen molar-refractivity contribution in [1.29, 1.82) is 0 Å². The third kappa shape index (κ3) is 1.90. The van der Waals surface area contributed by atoms with Gasteiger partial charge in [0.25, 0.3) is 0 Å². The first-order valence-corrected chi connectivity index (χ1v) is 5.23. The van der Waals surface area contributed by atoms with E-state index < -0.39 is 0 Å². The number of benzene rings is 1. The summed E-state index contributed by atoms with van der Waals surface area (Å²) in [5, 5.41) is 1.33. The van der Waals surface area contributed by atoms with Gasteiger partial charge in [-0.05, 0) is 30.5 Å². The van der Waals surface area contributed by atoms with E-state index in [1.54, 1.807) is 0 Å². The van der Waals surface area contributed by atoms with E-state index >= 15 is 0 Å². The number of thiophene rings is 1. The van der Waals surface area contributed by atoms with Crippen molar-refractivity contribution in [2.75, 3.05) is 6.54 Å². The molecule has 0 amide bonds. The van der Waals surface area contributed by atoms with Gasteiger partial charge in [-0.1, -0.05) is 18.2 Å². The molecule has 0 spiro atoms. The molecule has 0 fully saturated rings. The summed E-state index contributed by atoms with van der Waals surface area (Å²) in [6, 6.07) is 10.7. The molecule has 2 N–H and O–H groups in total. The quantitative estimate of drug-likeness (QED) is 0.791. The van der Waals surface area contributed by atoms with Gasteiger partial charge in [0.05, 0.1) is 0 Å². The lowest BCUT2D eigenvalue weighted by molar-refractivity contribution is 0.966. The Labute approximate surface area is 82.2 Å². The first-order chi connectivity index (χ1) is 6.40. The highest BCUT2D eigenvalue weighted by molar-refractivity contribution is 7.19. The zero-order chi connectivity index (χ0) is 9.10. The predicted octanol–water partition coefficient (Wildman–Crippen LogP) is 2.80. The average Bonchev–Trinajstić information content (AvgIpc) is 2.57. The van der Waals surface area contributed by atoms with Gasteiger partial charge in [-0.3, -0.25) is 0 Å². The fourth-order valence-corrected chi connectivity index (χ4v) is 2.36. The highest BCUT2D eigenvalue weighted by Gasteiger charge is 1.99. The van der Waals surface area contributed by atoms with Gasteiger partial charge < -0.3 is 5.73 Å². The lowest BCUT2D eigenvalue weighted by atomic mass is 10.2. The van der Waals surface area contributed by atoms with Crippen LogP contribution in [0.5, 0.6) is 0 Å². The van der Waals surface area contributed by atoms with E-state index in [1.807, 2.05) is 11.3 Å². The fourth-order valence-electron chi connectivity index (χ4n) is 1.33. The van der Waals surface area contributed by atoms with Crippen molar-refractivity contribution in [2.45, 2.75) is 6.42 Å². The molecule has 0 atom stereocenters. The summed E-state index contributed by atoms with van der Waals surface area (Å²) < 4.78 is 1.35. The minimum atomic E-state index is 0.730. The molecule has 0 aliphatic rings. The van der Waals surface area contributed by atoms with Gasteiger partial charge in [0.15, 0.2) is 0 Å². The summed E-state index contributed by atoms with van der Waals surface area (Å²) >= 11 is 1.83. The summed E-state index contributed by atoms with van der Waals surface area (Å²) in [6.45, 7) is 0.730. The number of fused-ring (bicyclic) bond motifs is 1. The molecule has 0 saturated heterocycles. The van der Waals surface area contributed by atoms with Crippen LogP contribution in [0.15, 0.2) is 30.3 Å². The van der Waals surface area contributed by atoms with Crippen molar-refractivity contribution >= 4 is 21.4 Å². The molecule has 1 aromatic heterocycles. The zero-order valence-electron chi connectivity index (χ0n) is 7.36. The van der Waals surface area contributed by atoms with Crippen LogP contribution in [0.4, 0.5) is 0 Å². The molecule has 2 rings (SSSR count). The minimum absolute atomic E-state index is 0.730. The average molecular weight is 190 g/mol. The van der Waals surface area contributed by atoms with E-state index in [9.17, 15) is 0 Å². The highest BCUT2D eigenvalue weighted by Crippen LogP contribution is 2.26. The largest absolute Gasteiger partial charge is 0.330 e. The molecule has 1 radical (unpaired) electrons. The Kier molecular flexibility index (Phi) is 2.62. The first-order valence-electron chi connectivity index (χ1n) is 4.42. The summed E-state index contributed by atoms with van der Waals surface area (Å²) in [4.78, 5) is 1.33. The normalized spacial score (nSPS) is 10.8. The Morgan fingerprint density at radius 2 is 2.15 bits per heavy atom. The summed E-state index contributed by atoms with van der Waals surface area (Å²) in [7, 11) is 0. The van der Waals surface area contributed by atoms with Crippen LogP contribution < -0.4 is 5.73 Å². The zero-order valence-corrected chi connectivity index (χ0v) is 8.18. The Morgan fingerprint density at radius 1 is 1.31 bits per heavy atom. The molecular weight excluding hydrogens is 178 g/mol. The Morgan fingerprint density at radius 3 is 2.92 bits per heavy atom. The van der Waals surface area contributed by atoms with Gasteiger partial charge in [-0.2, -0.15) is 0 Å². The molecule has 1 nitrogen and oxygen atoms in total. The van der Waals surface area contributed by atoms with Crippen molar-refractivity contribution in [3.63, 3.8) is 0 Å². The maximum absolute atomic E-state index is 5.44. The van der Waals surface area contributed by atoms with E-state index in [2.05, 4.69) is 36.8 Å². The minimum Gasteiger partial charge on any atom is -0.330 e. The Bertz CT molecular complexity index is 359. The molecule has 67 valence electrons. The SMILES string of the molecule is NCC[CH]c1cc2ccccc2s1. The van der Waals surface area contributed by atoms with Crippen LogP contribution in [-0.4, -0.2) is 6.54 Å². The van der Waals surface area contributed by atoms with Crippen molar-refractivity contribution < 1.29 is 0 Å². The van der Waals surface area contributed by atoms with E-state index in [-0.39, 0.29) is 0 Å². The highest BCUT2D eigenvalue weighted by atomic mass is 32.1. The molecule has 1 heterocycles. The van der Waals surface area contributed by atoms with Crippen LogP contribution in [0.1, 0.15) is 11.3 Å². The third-order valence-corrected chi connectivity index (χ3v) is 3.07. The molecular formula is C11H12NS. The number of rotatable bonds is 3. The van der Waals surface area contributed by atoms with Gasteiger partial charge in [-0.15, -0.1) is 11.3 Å². The van der Waals surface area contributed by atoms with Gasteiger partial charge in [0.1, 0.15) is 0 Å². The van der Waals surface area contributed by atoms with Gasteiger partial charge >= 0.3 is 0 Å². The summed E-state index contributed by atoms with van der Waals surface area (Å²) in [5.74, 6) is 0. The van der Waals surface area contributed by atoms with E-state index in [4.69, 9.17) is 5.73 Å². The Hall–Kier alpha value is -0.860. The summed E-state index contributed by atoms with van der Waals surface area (Å²) in [6.07, 6.45) is 3.16. The van der Waals surface area contributed by atoms with Crippen LogP contribution in [-0.2, 0) is 0 Å². The third-order valence-electron chi connectivity index (χ3n) is 1.96. The number of nitrogens with two attached hydrogens (primary N) is 1. The fraction of sp³-hybridized carbons (Fsp3) is 0.182. The van der Waals surface area contributed by atoms with Gasteiger partial charge in [-0.25, -0.2) is 0 Å². The monoisotopic (exact) mass is 190 g/mol. The molecule has 0 aliphatic heterocycles. The second-order valence-corrected chi connectivity index (χ2v) is 4.08. The summed E-state index contributed by atoms with van der Waals surface area (Å²) in [5.41, 5.74) is 5.44. The smallest absolute Gasteiger partial charge is 0.0345 e. The van der Waals surface area contributed by atoms with Crippen LogP contribution in [0, 0.1) is 6.42 Å². The molecule has 1 aromatic carbocycles. The number of hydrogen-bond donors (Lipinski definition) is 1. The van der Waals surface area contributed by atoms with Crippen molar-refractivity contribution in [1.82, 2.24) is 0 Å². The van der Waals surface area contributed by atoms with Crippen molar-refractivity contribution in [3.05, 3.63) is 41.6 Å². The van der Waals surface area contributed by atoms with Crippen LogP contribution >= 0.6 is 11.3 Å². The van der Waals surface area contributed by atoms with Crippen LogP contribution in [0.25, 0.3) is 10.1 Å². The van der Waals surface area contributed by atoms with Crippen molar-refractivity contribution in [3.8, 4) is 0 Å². The molecule has 2 aromatic rings. The second-order valence-electron chi connectivity index (χ2n) is 2.97. The maximum Gasteiger partial charge on any atom is 0.0345 e. The maximum atomic E-state index is 5.44. The lowest BCUT2D eigenvalue weighted by Crippen LogP contribution is -1.97.